The van der Waals surface area contributed by atoms with Gasteiger partial charge in [0.1, 0.15) is 12.6 Å². The monoisotopic (exact) mass is 477 g/mol. The average molecular weight is 477 g/mol. The third kappa shape index (κ3) is 3.57. The van der Waals surface area contributed by atoms with Gasteiger partial charge in [0.25, 0.3) is 5.56 Å². The second-order valence-corrected chi connectivity index (χ2v) is 8.72. The van der Waals surface area contributed by atoms with E-state index >= 15 is 0 Å². The first-order valence-electron chi connectivity index (χ1n) is 11.3. The minimum Gasteiger partial charge on any atom is -0.481 e. The number of nitrogens with zero attached hydrogens (tertiary/aromatic N) is 2. The number of carboxylic acids is 1. The van der Waals surface area contributed by atoms with Crippen molar-refractivity contribution in [2.75, 3.05) is 0 Å². The molecule has 5 rings (SSSR count). The number of benzene rings is 1. The van der Waals surface area contributed by atoms with Gasteiger partial charge in [0.2, 0.25) is 5.60 Å². The summed E-state index contributed by atoms with van der Waals surface area (Å²) in [6.07, 6.45) is -0.494. The molecule has 0 bridgehead atoms. The fourth-order valence-electron chi connectivity index (χ4n) is 4.73. The summed E-state index contributed by atoms with van der Waals surface area (Å²) < 4.78 is 12.5. The van der Waals surface area contributed by atoms with E-state index in [0.717, 1.165) is 16.5 Å². The molecule has 10 nitrogen and oxygen atoms in total. The number of esters is 2. The molecular weight excluding hydrogens is 454 g/mol. The molecule has 0 saturated heterocycles. The van der Waals surface area contributed by atoms with Crippen molar-refractivity contribution in [3.8, 4) is 11.4 Å². The van der Waals surface area contributed by atoms with E-state index < -0.39 is 29.6 Å². The number of pyridine rings is 2. The lowest BCUT2D eigenvalue weighted by atomic mass is 9.85. The number of rotatable bonds is 6. The van der Waals surface area contributed by atoms with Gasteiger partial charge in [-0.2, -0.15) is 0 Å². The summed E-state index contributed by atoms with van der Waals surface area (Å²) >= 11 is 0. The highest BCUT2D eigenvalue weighted by Crippen LogP contribution is 2.41. The van der Waals surface area contributed by atoms with E-state index in [1.54, 1.807) is 17.6 Å². The molecule has 10 heteroatoms. The van der Waals surface area contributed by atoms with E-state index in [0.29, 0.717) is 17.9 Å². The number of para-hydroxylation sites is 1. The lowest BCUT2D eigenvalue weighted by molar-refractivity contribution is -0.190. The van der Waals surface area contributed by atoms with Crippen LogP contribution in [0.5, 0.6) is 0 Å². The molecular formula is C25H23N3O7. The van der Waals surface area contributed by atoms with Gasteiger partial charge in [0.15, 0.2) is 0 Å². The number of fused-ring (bicyclic) bond motifs is 5. The normalized spacial score (nSPS) is 18.9. The quantitative estimate of drug-likeness (QED) is 0.396. The van der Waals surface area contributed by atoms with E-state index in [9.17, 15) is 19.2 Å². The summed E-state index contributed by atoms with van der Waals surface area (Å²) in [7, 11) is 0. The lowest BCUT2D eigenvalue weighted by Gasteiger charge is -2.36. The Morgan fingerprint density at radius 2 is 2.06 bits per heavy atom. The van der Waals surface area contributed by atoms with Crippen LogP contribution in [0.15, 0.2) is 41.2 Å². The Labute approximate surface area is 199 Å². The zero-order chi connectivity index (χ0) is 24.9. The highest BCUT2D eigenvalue weighted by molar-refractivity contribution is 5.89. The van der Waals surface area contributed by atoms with E-state index in [-0.39, 0.29) is 42.6 Å². The molecule has 2 aliphatic heterocycles. The smallest absolute Gasteiger partial charge is 0.355 e. The number of ether oxygens (including phenoxy) is 2. The number of carboxylic acid groups (broad SMARTS) is 1. The molecule has 1 aromatic carbocycles. The number of hydrogen-bond donors (Lipinski definition) is 2. The molecule has 0 spiro atoms. The SMILES string of the molecule is CC[C@@]1(OC(=O)[C@@H](N)CCC(=O)O)C(=O)OCc2c1cc1n(c2=O)Cc2cc3ccccc3nc2-1. The molecule has 4 heterocycles. The zero-order valence-corrected chi connectivity index (χ0v) is 18.9. The molecule has 3 N–H and O–H groups in total. The maximum Gasteiger partial charge on any atom is 0.355 e. The minimum atomic E-state index is -1.88. The zero-order valence-electron chi connectivity index (χ0n) is 18.9. The molecule has 0 unspecified atom stereocenters. The molecule has 35 heavy (non-hydrogen) atoms. The van der Waals surface area contributed by atoms with Crippen molar-refractivity contribution >= 4 is 28.8 Å². The van der Waals surface area contributed by atoms with Crippen molar-refractivity contribution in [3.63, 3.8) is 0 Å². The second kappa shape index (κ2) is 8.31. The van der Waals surface area contributed by atoms with E-state index in [4.69, 9.17) is 25.3 Å². The standard InChI is InChI=1S/C25H23N3O7/c1-2-25(35-23(32)17(26)7-8-20(29)30)16-10-19-21-14(9-13-5-3-4-6-18(13)27-21)11-28(19)22(31)15(16)12-34-24(25)33/h3-6,9-10,17H,2,7-8,11-12,26H2,1H3,(H,29,30)/t17-,25-/m0/s1. The molecule has 0 amide bonds. The largest absolute Gasteiger partial charge is 0.481 e. The number of hydrogen-bond acceptors (Lipinski definition) is 8. The molecule has 0 fully saturated rings. The van der Waals surface area contributed by atoms with Crippen LogP contribution in [0.25, 0.3) is 22.3 Å². The van der Waals surface area contributed by atoms with Gasteiger partial charge in [-0.25, -0.2) is 9.78 Å². The molecule has 0 radical (unpaired) electrons. The average Bonchev–Trinajstić information content (AvgIpc) is 3.20. The molecule has 2 aliphatic rings. The van der Waals surface area contributed by atoms with Crippen molar-refractivity contribution in [2.24, 2.45) is 5.73 Å². The van der Waals surface area contributed by atoms with E-state index in [1.807, 2.05) is 30.3 Å². The van der Waals surface area contributed by atoms with Crippen LogP contribution in [0.4, 0.5) is 0 Å². The van der Waals surface area contributed by atoms with Crippen molar-refractivity contribution in [1.82, 2.24) is 9.55 Å². The van der Waals surface area contributed by atoms with Crippen LogP contribution >= 0.6 is 0 Å². The molecule has 3 aromatic rings. The molecule has 2 aromatic heterocycles. The van der Waals surface area contributed by atoms with Crippen LogP contribution in [0.2, 0.25) is 0 Å². The van der Waals surface area contributed by atoms with Gasteiger partial charge in [-0.1, -0.05) is 25.1 Å². The van der Waals surface area contributed by atoms with Crippen LogP contribution in [0, 0.1) is 0 Å². The fraction of sp³-hybridized carbons (Fsp3) is 0.320. The van der Waals surface area contributed by atoms with Gasteiger partial charge in [-0.15, -0.1) is 0 Å². The summed E-state index contributed by atoms with van der Waals surface area (Å²) in [5, 5.41) is 9.82. The highest BCUT2D eigenvalue weighted by atomic mass is 16.6. The summed E-state index contributed by atoms with van der Waals surface area (Å²) in [4.78, 5) is 54.9. The molecule has 0 aliphatic carbocycles. The van der Waals surface area contributed by atoms with E-state index in [2.05, 4.69) is 0 Å². The van der Waals surface area contributed by atoms with Crippen molar-refractivity contribution < 1.29 is 29.0 Å². The topological polar surface area (TPSA) is 151 Å². The van der Waals surface area contributed by atoms with Crippen LogP contribution < -0.4 is 11.3 Å². The number of aromatic nitrogens is 2. The van der Waals surface area contributed by atoms with Crippen LogP contribution in [0.1, 0.15) is 42.9 Å². The Kier molecular flexibility index (Phi) is 5.40. The highest BCUT2D eigenvalue weighted by Gasteiger charge is 2.51. The Balaban J connectivity index is 1.62. The van der Waals surface area contributed by atoms with Crippen molar-refractivity contribution in [1.29, 1.82) is 0 Å². The van der Waals surface area contributed by atoms with Gasteiger partial charge in [-0.05, 0) is 31.0 Å². The van der Waals surface area contributed by atoms with Gasteiger partial charge < -0.3 is 24.9 Å². The first kappa shape index (κ1) is 22.7. The predicted molar refractivity (Wildman–Crippen MR) is 123 cm³/mol. The number of carbonyl (C=O) groups is 3. The Morgan fingerprint density at radius 1 is 1.29 bits per heavy atom. The lowest BCUT2D eigenvalue weighted by Crippen LogP contribution is -2.49. The van der Waals surface area contributed by atoms with Gasteiger partial charge in [-0.3, -0.25) is 14.4 Å². The van der Waals surface area contributed by atoms with Crippen LogP contribution in [-0.2, 0) is 42.6 Å². The summed E-state index contributed by atoms with van der Waals surface area (Å²) in [5.41, 5.74) is 6.85. The third-order valence-electron chi connectivity index (χ3n) is 6.63. The molecule has 2 atom stereocenters. The number of carbonyl (C=O) groups excluding carboxylic acids is 2. The van der Waals surface area contributed by atoms with Gasteiger partial charge in [0, 0.05) is 22.9 Å². The molecule has 0 saturated carbocycles. The number of cyclic esters (lactones) is 1. The predicted octanol–water partition coefficient (Wildman–Crippen LogP) is 1.82. The number of nitrogens with two attached hydrogens (primary N) is 1. The first-order chi connectivity index (χ1) is 16.7. The Morgan fingerprint density at radius 3 is 2.80 bits per heavy atom. The maximum atomic E-state index is 13.5. The van der Waals surface area contributed by atoms with Gasteiger partial charge in [0.05, 0.1) is 29.0 Å². The molecule has 180 valence electrons. The summed E-state index contributed by atoms with van der Waals surface area (Å²) in [6.45, 7) is 1.71. The first-order valence-corrected chi connectivity index (χ1v) is 11.3. The minimum absolute atomic E-state index is 0.00285. The van der Waals surface area contributed by atoms with Crippen molar-refractivity contribution in [3.05, 3.63) is 63.4 Å². The van der Waals surface area contributed by atoms with E-state index in [1.165, 1.54) is 0 Å². The van der Waals surface area contributed by atoms with Gasteiger partial charge >= 0.3 is 17.9 Å². The Bertz CT molecular complexity index is 1460. The fourth-order valence-corrected chi connectivity index (χ4v) is 4.73. The third-order valence-corrected chi connectivity index (χ3v) is 6.63. The maximum absolute atomic E-state index is 13.5. The van der Waals surface area contributed by atoms with Crippen LogP contribution in [0.3, 0.4) is 0 Å². The number of aliphatic carboxylic acids is 1. The Hall–Kier alpha value is -4.05. The van der Waals surface area contributed by atoms with Crippen molar-refractivity contribution in [2.45, 2.75) is 51.0 Å². The summed E-state index contributed by atoms with van der Waals surface area (Å²) in [6, 6.07) is 10.0. The van der Waals surface area contributed by atoms with Crippen LogP contribution in [-0.4, -0.2) is 38.6 Å². The second-order valence-electron chi connectivity index (χ2n) is 8.72. The summed E-state index contributed by atoms with van der Waals surface area (Å²) in [5.74, 6) is -2.86.